The number of fused-ring (bicyclic) bond motifs is 1. The van der Waals surface area contributed by atoms with Gasteiger partial charge in [0.25, 0.3) is 0 Å². The van der Waals surface area contributed by atoms with Crippen molar-refractivity contribution in [2.24, 2.45) is 0 Å². The van der Waals surface area contributed by atoms with Crippen LogP contribution in [-0.2, 0) is 4.74 Å². The topological polar surface area (TPSA) is 66.2 Å². The van der Waals surface area contributed by atoms with Crippen molar-refractivity contribution in [2.75, 3.05) is 6.61 Å². The van der Waals surface area contributed by atoms with Gasteiger partial charge in [-0.1, -0.05) is 0 Å². The largest absolute Gasteiger partial charge is 0.573 e. The van der Waals surface area contributed by atoms with E-state index in [0.29, 0.717) is 33.7 Å². The van der Waals surface area contributed by atoms with Gasteiger partial charge in [-0.25, -0.2) is 14.5 Å². The average Bonchev–Trinajstić information content (AvgIpc) is 2.90. The second-order valence-electron chi connectivity index (χ2n) is 5.77. The van der Waals surface area contributed by atoms with Crippen molar-refractivity contribution in [3.63, 3.8) is 0 Å². The minimum atomic E-state index is -4.76. The van der Waals surface area contributed by atoms with E-state index < -0.39 is 12.3 Å². The van der Waals surface area contributed by atoms with E-state index in [1.165, 1.54) is 28.9 Å². The summed E-state index contributed by atoms with van der Waals surface area (Å²) in [7, 11) is 0. The molecule has 0 bridgehead atoms. The number of nitrogens with zero attached hydrogens (tertiary/aromatic N) is 3. The third-order valence-corrected chi connectivity index (χ3v) is 3.75. The number of carbonyl (C=O) groups excluding carboxylic acids is 1. The van der Waals surface area contributed by atoms with Gasteiger partial charge in [0.2, 0.25) is 0 Å². The summed E-state index contributed by atoms with van der Waals surface area (Å²) in [5, 5.41) is 4.93. The molecule has 0 aliphatic rings. The zero-order valence-electron chi connectivity index (χ0n) is 14.8. The molecule has 142 valence electrons. The second-order valence-corrected chi connectivity index (χ2v) is 5.77. The summed E-state index contributed by atoms with van der Waals surface area (Å²) in [6, 6.07) is 6.86. The third kappa shape index (κ3) is 3.86. The zero-order valence-corrected chi connectivity index (χ0v) is 14.8. The number of hydrogen-bond acceptors (Lipinski definition) is 5. The van der Waals surface area contributed by atoms with Gasteiger partial charge in [0.15, 0.2) is 5.65 Å². The zero-order chi connectivity index (χ0) is 19.8. The summed E-state index contributed by atoms with van der Waals surface area (Å²) < 4.78 is 47.4. The first-order chi connectivity index (χ1) is 12.7. The van der Waals surface area contributed by atoms with E-state index in [2.05, 4.69) is 14.8 Å². The van der Waals surface area contributed by atoms with Crippen molar-refractivity contribution in [2.45, 2.75) is 27.1 Å². The first kappa shape index (κ1) is 18.7. The van der Waals surface area contributed by atoms with E-state index in [9.17, 15) is 18.0 Å². The van der Waals surface area contributed by atoms with Crippen LogP contribution < -0.4 is 4.74 Å². The van der Waals surface area contributed by atoms with E-state index in [-0.39, 0.29) is 12.4 Å². The summed E-state index contributed by atoms with van der Waals surface area (Å²) >= 11 is 0. The average molecular weight is 379 g/mol. The van der Waals surface area contributed by atoms with Crippen molar-refractivity contribution in [3.05, 3.63) is 47.3 Å². The minimum Gasteiger partial charge on any atom is -0.462 e. The molecule has 2 aromatic heterocycles. The predicted molar refractivity (Wildman–Crippen MR) is 91.0 cm³/mol. The highest BCUT2D eigenvalue weighted by Gasteiger charge is 2.31. The normalized spacial score (nSPS) is 11.6. The second kappa shape index (κ2) is 6.90. The number of halogens is 3. The molecule has 3 aromatic rings. The van der Waals surface area contributed by atoms with Crippen LogP contribution in [0.4, 0.5) is 13.2 Å². The maximum Gasteiger partial charge on any atom is 0.573 e. The van der Waals surface area contributed by atoms with Crippen LogP contribution in [-0.4, -0.2) is 33.7 Å². The Balaban J connectivity index is 2.09. The molecule has 0 amide bonds. The van der Waals surface area contributed by atoms with Gasteiger partial charge >= 0.3 is 12.3 Å². The molecule has 0 unspecified atom stereocenters. The van der Waals surface area contributed by atoms with Gasteiger partial charge in [0.1, 0.15) is 5.75 Å². The molecule has 0 N–H and O–H groups in total. The number of hydrogen-bond donors (Lipinski definition) is 0. The molecule has 2 heterocycles. The molecule has 0 aliphatic heterocycles. The molecule has 6 nitrogen and oxygen atoms in total. The molecule has 0 saturated carbocycles. The lowest BCUT2D eigenvalue weighted by Gasteiger charge is -2.10. The Bertz CT molecular complexity index is 995. The first-order valence-electron chi connectivity index (χ1n) is 8.10. The van der Waals surface area contributed by atoms with Crippen LogP contribution in [0, 0.1) is 13.8 Å². The van der Waals surface area contributed by atoms with Crippen LogP contribution in [0.1, 0.15) is 28.7 Å². The maximum absolute atomic E-state index is 12.3. The van der Waals surface area contributed by atoms with Gasteiger partial charge in [-0.3, -0.25) is 0 Å². The van der Waals surface area contributed by atoms with E-state index in [1.54, 1.807) is 26.8 Å². The van der Waals surface area contributed by atoms with Crippen molar-refractivity contribution in [1.29, 1.82) is 0 Å². The third-order valence-electron chi connectivity index (χ3n) is 3.75. The van der Waals surface area contributed by atoms with Gasteiger partial charge in [-0.05, 0) is 51.1 Å². The lowest BCUT2D eigenvalue weighted by Crippen LogP contribution is -2.17. The maximum atomic E-state index is 12.3. The van der Waals surface area contributed by atoms with Crippen LogP contribution >= 0.6 is 0 Å². The number of benzene rings is 1. The van der Waals surface area contributed by atoms with Crippen LogP contribution in [0.25, 0.3) is 16.7 Å². The molecular weight excluding hydrogens is 363 g/mol. The van der Waals surface area contributed by atoms with Crippen LogP contribution in [0.2, 0.25) is 0 Å². The van der Waals surface area contributed by atoms with Crippen molar-refractivity contribution >= 4 is 17.0 Å². The molecule has 0 radical (unpaired) electrons. The highest BCUT2D eigenvalue weighted by Crippen LogP contribution is 2.27. The van der Waals surface area contributed by atoms with Crippen LogP contribution in [0.3, 0.4) is 0 Å². The van der Waals surface area contributed by atoms with E-state index >= 15 is 0 Å². The van der Waals surface area contributed by atoms with Crippen molar-refractivity contribution in [3.8, 4) is 11.4 Å². The summed E-state index contributed by atoms with van der Waals surface area (Å²) in [6.45, 7) is 5.40. The number of rotatable bonds is 4. The Morgan fingerprint density at radius 3 is 2.44 bits per heavy atom. The molecule has 3 rings (SSSR count). The van der Waals surface area contributed by atoms with Gasteiger partial charge in [-0.2, -0.15) is 5.10 Å². The van der Waals surface area contributed by atoms with E-state index in [1.807, 2.05) is 0 Å². The smallest absolute Gasteiger partial charge is 0.462 e. The van der Waals surface area contributed by atoms with Gasteiger partial charge < -0.3 is 9.47 Å². The first-order valence-corrected chi connectivity index (χ1v) is 8.10. The lowest BCUT2D eigenvalue weighted by atomic mass is 10.1. The van der Waals surface area contributed by atoms with Gasteiger partial charge in [0, 0.05) is 5.69 Å². The number of pyridine rings is 1. The van der Waals surface area contributed by atoms with E-state index in [4.69, 9.17) is 4.74 Å². The van der Waals surface area contributed by atoms with E-state index in [0.717, 1.165) is 0 Å². The fourth-order valence-electron chi connectivity index (χ4n) is 2.75. The number of carbonyl (C=O) groups is 1. The summed E-state index contributed by atoms with van der Waals surface area (Å²) in [4.78, 5) is 16.7. The van der Waals surface area contributed by atoms with Crippen LogP contribution in [0.15, 0.2) is 30.3 Å². The number of ether oxygens (including phenoxy) is 2. The highest BCUT2D eigenvalue weighted by atomic mass is 19.4. The molecule has 0 atom stereocenters. The number of esters is 1. The molecule has 0 fully saturated rings. The fraction of sp³-hybridized carbons (Fsp3) is 0.278. The minimum absolute atomic E-state index is 0.232. The monoisotopic (exact) mass is 379 g/mol. The van der Waals surface area contributed by atoms with Gasteiger partial charge in [-0.15, -0.1) is 13.2 Å². The molecule has 27 heavy (non-hydrogen) atoms. The quantitative estimate of drug-likeness (QED) is 0.638. The molecular formula is C18H16F3N3O3. The van der Waals surface area contributed by atoms with Gasteiger partial charge in [0.05, 0.1) is 28.9 Å². The summed E-state index contributed by atoms with van der Waals surface area (Å²) in [5.74, 6) is -0.819. The standard InChI is InChI=1S/C18H16F3N3O3/c1-4-26-17(25)14-9-10(2)22-16-15(14)11(3)23-24(16)12-5-7-13(8-6-12)27-18(19,20)21/h5-9H,4H2,1-3H3. The number of aryl methyl sites for hydroxylation is 2. The predicted octanol–water partition coefficient (Wildman–Crippen LogP) is 4.11. The molecule has 1 aromatic carbocycles. The SMILES string of the molecule is CCOC(=O)c1cc(C)nc2c1c(C)nn2-c1ccc(OC(F)(F)F)cc1. The number of aromatic nitrogens is 3. The molecule has 0 aliphatic carbocycles. The Labute approximate surface area is 152 Å². The number of alkyl halides is 3. The Kier molecular flexibility index (Phi) is 4.77. The Morgan fingerprint density at radius 1 is 1.19 bits per heavy atom. The Hall–Kier alpha value is -3.10. The van der Waals surface area contributed by atoms with Crippen molar-refractivity contribution < 1.29 is 27.4 Å². The fourth-order valence-corrected chi connectivity index (χ4v) is 2.75. The molecule has 0 saturated heterocycles. The Morgan fingerprint density at radius 2 is 1.85 bits per heavy atom. The summed E-state index contributed by atoms with van der Waals surface area (Å²) in [6.07, 6.45) is -4.76. The highest BCUT2D eigenvalue weighted by molar-refractivity contribution is 6.04. The molecule has 0 spiro atoms. The summed E-state index contributed by atoms with van der Waals surface area (Å²) in [5.41, 5.74) is 2.38. The van der Waals surface area contributed by atoms with Crippen molar-refractivity contribution in [1.82, 2.24) is 14.8 Å². The molecule has 9 heteroatoms. The lowest BCUT2D eigenvalue weighted by molar-refractivity contribution is -0.274. The van der Waals surface area contributed by atoms with Crippen LogP contribution in [0.5, 0.6) is 5.75 Å².